The van der Waals surface area contributed by atoms with E-state index in [1.807, 2.05) is 26.8 Å². The van der Waals surface area contributed by atoms with Crippen LogP contribution < -0.4 is 9.46 Å². The third-order valence-electron chi connectivity index (χ3n) is 4.71. The summed E-state index contributed by atoms with van der Waals surface area (Å²) in [6.07, 6.45) is 1.61. The third-order valence-corrected chi connectivity index (χ3v) is 6.36. The molecule has 0 amide bonds. The Labute approximate surface area is 165 Å². The number of hydrogen-bond acceptors (Lipinski definition) is 5. The molecule has 2 aromatic heterocycles. The number of methoxy groups -OCH3 is 1. The van der Waals surface area contributed by atoms with Gasteiger partial charge in [0.2, 0.25) is 0 Å². The van der Waals surface area contributed by atoms with Crippen molar-refractivity contribution in [2.75, 3.05) is 11.8 Å². The van der Waals surface area contributed by atoms with E-state index in [1.54, 1.807) is 50.0 Å². The van der Waals surface area contributed by atoms with Crippen molar-refractivity contribution in [3.8, 4) is 11.6 Å². The number of anilines is 1. The predicted octanol–water partition coefficient (Wildman–Crippen LogP) is 3.62. The molecular formula is C20H24N4O3S. The van der Waals surface area contributed by atoms with E-state index in [2.05, 4.69) is 14.8 Å². The van der Waals surface area contributed by atoms with Crippen molar-refractivity contribution in [3.63, 3.8) is 0 Å². The Morgan fingerprint density at radius 3 is 2.39 bits per heavy atom. The van der Waals surface area contributed by atoms with Crippen molar-refractivity contribution in [1.82, 2.24) is 14.8 Å². The lowest BCUT2D eigenvalue weighted by Crippen LogP contribution is -2.18. The van der Waals surface area contributed by atoms with Gasteiger partial charge in [0.15, 0.2) is 5.82 Å². The molecule has 0 aliphatic rings. The van der Waals surface area contributed by atoms with Gasteiger partial charge in [0.1, 0.15) is 5.75 Å². The molecule has 0 radical (unpaired) electrons. The van der Waals surface area contributed by atoms with Gasteiger partial charge in [-0.2, -0.15) is 5.10 Å². The van der Waals surface area contributed by atoms with Crippen LogP contribution >= 0.6 is 0 Å². The summed E-state index contributed by atoms with van der Waals surface area (Å²) >= 11 is 0. The average Bonchev–Trinajstić information content (AvgIpc) is 2.96. The second-order valence-corrected chi connectivity index (χ2v) is 8.41. The van der Waals surface area contributed by atoms with E-state index < -0.39 is 10.0 Å². The maximum Gasteiger partial charge on any atom is 0.262 e. The summed E-state index contributed by atoms with van der Waals surface area (Å²) < 4.78 is 36.2. The van der Waals surface area contributed by atoms with Gasteiger partial charge in [-0.1, -0.05) is 0 Å². The summed E-state index contributed by atoms with van der Waals surface area (Å²) in [6, 6.07) is 7.01. The number of rotatable bonds is 5. The van der Waals surface area contributed by atoms with Crippen LogP contribution in [-0.2, 0) is 10.0 Å². The number of aryl methyl sites for hydroxylation is 3. The molecule has 3 rings (SSSR count). The summed E-state index contributed by atoms with van der Waals surface area (Å²) in [5, 5.41) is 4.42. The number of ether oxygens (including phenoxy) is 1. The zero-order chi connectivity index (χ0) is 20.6. The van der Waals surface area contributed by atoms with Crippen LogP contribution in [0.5, 0.6) is 5.75 Å². The van der Waals surface area contributed by atoms with Crippen LogP contribution in [0.15, 0.2) is 35.4 Å². The van der Waals surface area contributed by atoms with Crippen LogP contribution in [0.3, 0.4) is 0 Å². The van der Waals surface area contributed by atoms with Crippen molar-refractivity contribution < 1.29 is 13.2 Å². The Morgan fingerprint density at radius 2 is 1.79 bits per heavy atom. The Morgan fingerprint density at radius 1 is 1.07 bits per heavy atom. The quantitative estimate of drug-likeness (QED) is 0.707. The first-order valence-electron chi connectivity index (χ1n) is 8.82. The number of hydrogen-bond donors (Lipinski definition) is 1. The van der Waals surface area contributed by atoms with Gasteiger partial charge >= 0.3 is 0 Å². The molecule has 0 saturated carbocycles. The summed E-state index contributed by atoms with van der Waals surface area (Å²) in [5.74, 6) is 1.09. The molecule has 0 aliphatic heterocycles. The van der Waals surface area contributed by atoms with Crippen molar-refractivity contribution in [2.24, 2.45) is 0 Å². The Balaban J connectivity index is 2.11. The van der Waals surface area contributed by atoms with Crippen LogP contribution in [0, 0.1) is 34.6 Å². The predicted molar refractivity (Wildman–Crippen MR) is 109 cm³/mol. The van der Waals surface area contributed by atoms with Gasteiger partial charge in [0.25, 0.3) is 10.0 Å². The molecule has 3 aromatic rings. The largest absolute Gasteiger partial charge is 0.496 e. The Hall–Kier alpha value is -2.87. The number of nitrogens with one attached hydrogen (secondary N) is 1. The number of benzene rings is 1. The fourth-order valence-corrected chi connectivity index (χ4v) is 4.92. The average molecular weight is 401 g/mol. The molecule has 28 heavy (non-hydrogen) atoms. The van der Waals surface area contributed by atoms with Gasteiger partial charge in [0.05, 0.1) is 23.4 Å². The normalized spacial score (nSPS) is 11.5. The van der Waals surface area contributed by atoms with Gasteiger partial charge in [-0.3, -0.25) is 4.72 Å². The van der Waals surface area contributed by atoms with Crippen LogP contribution in [0.2, 0.25) is 0 Å². The second-order valence-electron chi connectivity index (χ2n) is 6.79. The summed E-state index contributed by atoms with van der Waals surface area (Å²) in [6.45, 7) is 9.16. The van der Waals surface area contributed by atoms with Crippen molar-refractivity contribution >= 4 is 15.7 Å². The van der Waals surface area contributed by atoms with Crippen LogP contribution in [0.1, 0.15) is 28.1 Å². The van der Waals surface area contributed by atoms with Crippen LogP contribution in [-0.4, -0.2) is 30.3 Å². The van der Waals surface area contributed by atoms with Crippen molar-refractivity contribution in [1.29, 1.82) is 0 Å². The first-order valence-corrected chi connectivity index (χ1v) is 10.3. The maximum absolute atomic E-state index is 13.3. The van der Waals surface area contributed by atoms with E-state index in [9.17, 15) is 8.42 Å². The fraction of sp³-hybridized carbons (Fsp3) is 0.300. The van der Waals surface area contributed by atoms with Crippen molar-refractivity contribution in [2.45, 2.75) is 39.5 Å². The molecule has 0 bridgehead atoms. The van der Waals surface area contributed by atoms with Gasteiger partial charge in [-0.15, -0.1) is 0 Å². The minimum atomic E-state index is -3.85. The number of pyridine rings is 1. The number of aromatic nitrogens is 3. The lowest BCUT2D eigenvalue weighted by atomic mass is 10.1. The molecule has 0 atom stereocenters. The zero-order valence-electron chi connectivity index (χ0n) is 16.9. The Bertz CT molecular complexity index is 1150. The topological polar surface area (TPSA) is 86.1 Å². The standard InChI is InChI=1S/C20H24N4O3S/c1-12-10-18(27-6)15(4)16(5)19(12)28(25,26)23-17-8-7-9-21-20(17)24-14(3)11-13(2)22-24/h7-11,23H,1-6H3. The molecule has 7 nitrogen and oxygen atoms in total. The maximum atomic E-state index is 13.3. The molecule has 1 aromatic carbocycles. The molecule has 0 spiro atoms. The zero-order valence-corrected chi connectivity index (χ0v) is 17.7. The third kappa shape index (κ3) is 3.47. The molecule has 0 aliphatic carbocycles. The molecule has 0 fully saturated rings. The van der Waals surface area contributed by atoms with Gasteiger partial charge in [-0.05, 0) is 75.6 Å². The highest BCUT2D eigenvalue weighted by Crippen LogP contribution is 2.32. The highest BCUT2D eigenvalue weighted by Gasteiger charge is 2.24. The van der Waals surface area contributed by atoms with E-state index >= 15 is 0 Å². The monoisotopic (exact) mass is 400 g/mol. The van der Waals surface area contributed by atoms with Gasteiger partial charge in [0, 0.05) is 11.9 Å². The molecule has 0 saturated heterocycles. The summed E-state index contributed by atoms with van der Waals surface area (Å²) in [4.78, 5) is 4.59. The molecular weight excluding hydrogens is 376 g/mol. The Kier molecular flexibility index (Phi) is 5.16. The highest BCUT2D eigenvalue weighted by molar-refractivity contribution is 7.92. The molecule has 1 N–H and O–H groups in total. The minimum absolute atomic E-state index is 0.244. The van der Waals surface area contributed by atoms with Gasteiger partial charge < -0.3 is 4.74 Å². The lowest BCUT2D eigenvalue weighted by Gasteiger charge is -2.18. The van der Waals surface area contributed by atoms with E-state index in [0.29, 0.717) is 28.4 Å². The molecule has 148 valence electrons. The van der Waals surface area contributed by atoms with Crippen LogP contribution in [0.4, 0.5) is 5.69 Å². The summed E-state index contributed by atoms with van der Waals surface area (Å²) in [7, 11) is -2.27. The minimum Gasteiger partial charge on any atom is -0.496 e. The molecule has 2 heterocycles. The highest BCUT2D eigenvalue weighted by atomic mass is 32.2. The van der Waals surface area contributed by atoms with Crippen molar-refractivity contribution in [3.05, 3.63) is 58.5 Å². The number of nitrogens with zero attached hydrogens (tertiary/aromatic N) is 3. The number of sulfonamides is 1. The molecule has 8 heteroatoms. The lowest BCUT2D eigenvalue weighted by molar-refractivity contribution is 0.410. The van der Waals surface area contributed by atoms with Crippen LogP contribution in [0.25, 0.3) is 5.82 Å². The van der Waals surface area contributed by atoms with E-state index in [4.69, 9.17) is 4.74 Å². The molecule has 0 unspecified atom stereocenters. The van der Waals surface area contributed by atoms with E-state index in [0.717, 1.165) is 17.0 Å². The fourth-order valence-electron chi connectivity index (χ4n) is 3.33. The van der Waals surface area contributed by atoms with E-state index in [1.165, 1.54) is 0 Å². The first kappa shape index (κ1) is 19.9. The summed E-state index contributed by atoms with van der Waals surface area (Å²) in [5.41, 5.74) is 4.11. The smallest absolute Gasteiger partial charge is 0.262 e. The van der Waals surface area contributed by atoms with Gasteiger partial charge in [-0.25, -0.2) is 18.1 Å². The SMILES string of the molecule is COc1cc(C)c(S(=O)(=O)Nc2cccnc2-n2nc(C)cc2C)c(C)c1C. The second kappa shape index (κ2) is 7.27. The van der Waals surface area contributed by atoms with E-state index in [-0.39, 0.29) is 4.90 Å². The first-order chi connectivity index (χ1) is 13.2.